The molecule has 4 rings (SSSR count). The zero-order chi connectivity index (χ0) is 23.0. The van der Waals surface area contributed by atoms with E-state index in [-0.39, 0.29) is 5.91 Å². The summed E-state index contributed by atoms with van der Waals surface area (Å²) in [4.78, 5) is 15.8. The van der Waals surface area contributed by atoms with Gasteiger partial charge in [-0.1, -0.05) is 78.0 Å². The first kappa shape index (κ1) is 23.3. The molecule has 2 heterocycles. The van der Waals surface area contributed by atoms with Crippen molar-refractivity contribution in [2.24, 2.45) is 0 Å². The topological polar surface area (TPSA) is 51.0 Å². The van der Waals surface area contributed by atoms with E-state index in [0.29, 0.717) is 12.3 Å². The molecule has 2 aromatic carbocycles. The van der Waals surface area contributed by atoms with Gasteiger partial charge in [0.2, 0.25) is 5.91 Å². The first-order valence-corrected chi connectivity index (χ1v) is 12.9. The van der Waals surface area contributed by atoms with E-state index in [0.717, 1.165) is 35.9 Å². The number of benzene rings is 2. The molecule has 0 fully saturated rings. The summed E-state index contributed by atoms with van der Waals surface area (Å²) >= 11 is 3.19. The van der Waals surface area contributed by atoms with Gasteiger partial charge in [0.25, 0.3) is 0 Å². The Hall–Kier alpha value is -2.90. The molecule has 0 saturated carbocycles. The predicted octanol–water partition coefficient (Wildman–Crippen LogP) is 5.23. The van der Waals surface area contributed by atoms with E-state index in [1.165, 1.54) is 27.8 Å². The number of rotatable bonds is 10. The Balaban J connectivity index is 1.42. The number of hydrogen-bond acceptors (Lipinski definition) is 5. The highest BCUT2D eigenvalue weighted by Crippen LogP contribution is 2.22. The second-order valence-electron chi connectivity index (χ2n) is 8.07. The molecule has 0 N–H and O–H groups in total. The van der Waals surface area contributed by atoms with Gasteiger partial charge >= 0.3 is 0 Å². The quantitative estimate of drug-likeness (QED) is 0.294. The third-order valence-electron chi connectivity index (χ3n) is 5.46. The molecule has 0 radical (unpaired) electrons. The molecule has 0 aliphatic heterocycles. The van der Waals surface area contributed by atoms with Crippen LogP contribution in [0.2, 0.25) is 0 Å². The van der Waals surface area contributed by atoms with Crippen LogP contribution in [-0.4, -0.2) is 38.4 Å². The number of thioether (sulfide) groups is 1. The van der Waals surface area contributed by atoms with Crippen molar-refractivity contribution >= 4 is 29.0 Å². The number of carbonyl (C=O) groups is 1. The minimum atomic E-state index is 0.0815. The van der Waals surface area contributed by atoms with Gasteiger partial charge in [0.05, 0.1) is 5.75 Å². The van der Waals surface area contributed by atoms with Crippen LogP contribution >= 0.6 is 23.1 Å². The number of thiophene rings is 1. The molecular formula is C26H28N4OS2. The SMILES string of the molecule is Cc1ccc(CN(C)C(=O)CSc2nnc(Cc3cccs3)n2CCc2ccccc2)cc1. The van der Waals surface area contributed by atoms with E-state index in [1.54, 1.807) is 16.2 Å². The fourth-order valence-electron chi connectivity index (χ4n) is 3.53. The van der Waals surface area contributed by atoms with E-state index >= 15 is 0 Å². The number of nitrogens with zero attached hydrogens (tertiary/aromatic N) is 4. The standard InChI is InChI=1S/C26H28N4OS2/c1-20-10-12-22(13-11-20)18-29(2)25(31)19-33-26-28-27-24(17-23-9-6-16-32-23)30(26)15-14-21-7-4-3-5-8-21/h3-13,16H,14-15,17-19H2,1-2H3. The second kappa shape index (κ2) is 11.3. The normalized spacial score (nSPS) is 11.0. The van der Waals surface area contributed by atoms with Crippen LogP contribution in [0, 0.1) is 6.92 Å². The van der Waals surface area contributed by atoms with Crippen LogP contribution in [0.4, 0.5) is 0 Å². The van der Waals surface area contributed by atoms with Gasteiger partial charge in [-0.3, -0.25) is 4.79 Å². The molecular weight excluding hydrogens is 448 g/mol. The summed E-state index contributed by atoms with van der Waals surface area (Å²) in [5.41, 5.74) is 3.63. The van der Waals surface area contributed by atoms with Gasteiger partial charge < -0.3 is 9.47 Å². The van der Waals surface area contributed by atoms with Crippen LogP contribution in [0.25, 0.3) is 0 Å². The number of aromatic nitrogens is 3. The lowest BCUT2D eigenvalue weighted by Gasteiger charge is -2.17. The molecule has 0 saturated heterocycles. The highest BCUT2D eigenvalue weighted by Gasteiger charge is 2.17. The Morgan fingerprint density at radius 1 is 1.00 bits per heavy atom. The molecule has 0 unspecified atom stereocenters. The lowest BCUT2D eigenvalue weighted by Crippen LogP contribution is -2.28. The molecule has 5 nitrogen and oxygen atoms in total. The number of carbonyl (C=O) groups excluding carboxylic acids is 1. The number of hydrogen-bond donors (Lipinski definition) is 0. The Kier molecular flexibility index (Phi) is 7.96. The maximum Gasteiger partial charge on any atom is 0.233 e. The fraction of sp³-hybridized carbons (Fsp3) is 0.269. The highest BCUT2D eigenvalue weighted by atomic mass is 32.2. The van der Waals surface area contributed by atoms with Crippen LogP contribution < -0.4 is 0 Å². The second-order valence-corrected chi connectivity index (χ2v) is 10.0. The van der Waals surface area contributed by atoms with Crippen LogP contribution in [0.1, 0.15) is 27.4 Å². The Bertz CT molecular complexity index is 1150. The van der Waals surface area contributed by atoms with Gasteiger partial charge in [-0.05, 0) is 35.9 Å². The molecule has 170 valence electrons. The molecule has 1 amide bonds. The first-order valence-electron chi connectivity index (χ1n) is 11.0. The lowest BCUT2D eigenvalue weighted by molar-refractivity contribution is -0.127. The highest BCUT2D eigenvalue weighted by molar-refractivity contribution is 7.99. The van der Waals surface area contributed by atoms with Gasteiger partial charge in [0.15, 0.2) is 5.16 Å². The van der Waals surface area contributed by atoms with Crippen molar-refractivity contribution in [1.29, 1.82) is 0 Å². The molecule has 0 spiro atoms. The molecule has 33 heavy (non-hydrogen) atoms. The molecule has 0 aliphatic carbocycles. The number of aryl methyl sites for hydroxylation is 2. The van der Waals surface area contributed by atoms with Crippen molar-refractivity contribution in [3.05, 3.63) is 99.5 Å². The Morgan fingerprint density at radius 2 is 1.79 bits per heavy atom. The largest absolute Gasteiger partial charge is 0.341 e. The average molecular weight is 477 g/mol. The summed E-state index contributed by atoms with van der Waals surface area (Å²) in [6.07, 6.45) is 1.65. The molecule has 7 heteroatoms. The molecule has 4 aromatic rings. The van der Waals surface area contributed by atoms with Gasteiger partial charge in [-0.25, -0.2) is 0 Å². The smallest absolute Gasteiger partial charge is 0.233 e. The van der Waals surface area contributed by atoms with Crippen LogP contribution in [-0.2, 0) is 30.7 Å². The summed E-state index contributed by atoms with van der Waals surface area (Å²) in [5.74, 6) is 1.36. The molecule has 0 bridgehead atoms. The minimum Gasteiger partial charge on any atom is -0.341 e. The van der Waals surface area contributed by atoms with E-state index in [1.807, 2.05) is 13.1 Å². The first-order chi connectivity index (χ1) is 16.1. The summed E-state index contributed by atoms with van der Waals surface area (Å²) in [6, 6.07) is 22.9. The van der Waals surface area contributed by atoms with Crippen LogP contribution in [0.3, 0.4) is 0 Å². The van der Waals surface area contributed by atoms with Gasteiger partial charge in [-0.2, -0.15) is 0 Å². The molecule has 0 atom stereocenters. The molecule has 2 aromatic heterocycles. The zero-order valence-corrected chi connectivity index (χ0v) is 20.6. The number of amides is 1. The fourth-order valence-corrected chi connectivity index (χ4v) is 5.15. The Labute approximate surface area is 203 Å². The lowest BCUT2D eigenvalue weighted by atomic mass is 10.1. The average Bonchev–Trinajstić information content (AvgIpc) is 3.48. The summed E-state index contributed by atoms with van der Waals surface area (Å²) in [7, 11) is 1.85. The van der Waals surface area contributed by atoms with Crippen molar-refractivity contribution in [2.45, 2.75) is 38.0 Å². The summed E-state index contributed by atoms with van der Waals surface area (Å²) in [6.45, 7) is 3.45. The maximum absolute atomic E-state index is 12.8. The monoisotopic (exact) mass is 476 g/mol. The van der Waals surface area contributed by atoms with E-state index in [2.05, 4.69) is 87.7 Å². The van der Waals surface area contributed by atoms with Crippen molar-refractivity contribution in [2.75, 3.05) is 12.8 Å². The Morgan fingerprint density at radius 3 is 2.52 bits per heavy atom. The van der Waals surface area contributed by atoms with E-state index in [9.17, 15) is 4.79 Å². The van der Waals surface area contributed by atoms with Crippen molar-refractivity contribution in [3.63, 3.8) is 0 Å². The van der Waals surface area contributed by atoms with Gasteiger partial charge in [0.1, 0.15) is 5.82 Å². The predicted molar refractivity (Wildman–Crippen MR) is 136 cm³/mol. The minimum absolute atomic E-state index is 0.0815. The maximum atomic E-state index is 12.8. The van der Waals surface area contributed by atoms with Gasteiger partial charge in [-0.15, -0.1) is 21.5 Å². The van der Waals surface area contributed by atoms with Crippen molar-refractivity contribution in [3.8, 4) is 0 Å². The summed E-state index contributed by atoms with van der Waals surface area (Å²) in [5, 5.41) is 11.8. The third kappa shape index (κ3) is 6.55. The van der Waals surface area contributed by atoms with E-state index < -0.39 is 0 Å². The van der Waals surface area contributed by atoms with Crippen LogP contribution in [0.5, 0.6) is 0 Å². The van der Waals surface area contributed by atoms with Crippen molar-refractivity contribution in [1.82, 2.24) is 19.7 Å². The van der Waals surface area contributed by atoms with Crippen molar-refractivity contribution < 1.29 is 4.79 Å². The van der Waals surface area contributed by atoms with Gasteiger partial charge in [0, 0.05) is 31.4 Å². The third-order valence-corrected chi connectivity index (χ3v) is 7.29. The molecule has 0 aliphatic rings. The zero-order valence-electron chi connectivity index (χ0n) is 19.0. The van der Waals surface area contributed by atoms with E-state index in [4.69, 9.17) is 0 Å². The summed E-state index contributed by atoms with van der Waals surface area (Å²) < 4.78 is 2.17. The van der Waals surface area contributed by atoms with Crippen LogP contribution in [0.15, 0.2) is 77.3 Å².